The normalized spacial score (nSPS) is 9.80. The maximum atomic E-state index is 3.66. The van der Waals surface area contributed by atoms with E-state index < -0.39 is 0 Å². The lowest BCUT2D eigenvalue weighted by atomic mass is 10.5. The smallest absolute Gasteiger partial charge is 0.0484 e. The van der Waals surface area contributed by atoms with Crippen LogP contribution in [0.5, 0.6) is 0 Å². The standard InChI is InChI=1S/C8H16N2/c1-4-6-10(7-5-2)8-9-3/h4-5,9H,1-2,6-8H2,3H3. The molecule has 0 rings (SSSR count). The molecule has 0 spiro atoms. The quantitative estimate of drug-likeness (QED) is 0.434. The van der Waals surface area contributed by atoms with E-state index in [0.717, 1.165) is 19.8 Å². The van der Waals surface area contributed by atoms with E-state index in [0.29, 0.717) is 0 Å². The first-order valence-electron chi connectivity index (χ1n) is 3.44. The number of rotatable bonds is 6. The van der Waals surface area contributed by atoms with E-state index in [-0.39, 0.29) is 0 Å². The van der Waals surface area contributed by atoms with E-state index in [9.17, 15) is 0 Å². The van der Waals surface area contributed by atoms with Crippen LogP contribution in [0.2, 0.25) is 0 Å². The third-order valence-electron chi connectivity index (χ3n) is 1.16. The van der Waals surface area contributed by atoms with Crippen molar-refractivity contribution in [1.29, 1.82) is 0 Å². The van der Waals surface area contributed by atoms with Crippen LogP contribution >= 0.6 is 0 Å². The van der Waals surface area contributed by atoms with Gasteiger partial charge in [-0.15, -0.1) is 13.2 Å². The molecule has 0 aromatic heterocycles. The molecule has 0 bridgehead atoms. The van der Waals surface area contributed by atoms with Crippen molar-refractivity contribution in [3.05, 3.63) is 25.3 Å². The van der Waals surface area contributed by atoms with Crippen LogP contribution < -0.4 is 5.32 Å². The van der Waals surface area contributed by atoms with Crippen LogP contribution in [0, 0.1) is 0 Å². The molecule has 0 atom stereocenters. The molecule has 10 heavy (non-hydrogen) atoms. The average Bonchev–Trinajstić information content (AvgIpc) is 1.90. The van der Waals surface area contributed by atoms with Gasteiger partial charge in [0.05, 0.1) is 0 Å². The van der Waals surface area contributed by atoms with Gasteiger partial charge in [-0.05, 0) is 7.05 Å². The van der Waals surface area contributed by atoms with Gasteiger partial charge in [0, 0.05) is 19.8 Å². The summed E-state index contributed by atoms with van der Waals surface area (Å²) in [6.07, 6.45) is 3.78. The van der Waals surface area contributed by atoms with Gasteiger partial charge in [0.1, 0.15) is 0 Å². The van der Waals surface area contributed by atoms with Gasteiger partial charge in [-0.2, -0.15) is 0 Å². The highest BCUT2D eigenvalue weighted by Crippen LogP contribution is 1.84. The summed E-state index contributed by atoms with van der Waals surface area (Å²) < 4.78 is 0. The van der Waals surface area contributed by atoms with Crippen molar-refractivity contribution in [2.45, 2.75) is 0 Å². The summed E-state index contributed by atoms with van der Waals surface area (Å²) in [6, 6.07) is 0. The van der Waals surface area contributed by atoms with Crippen LogP contribution in [0.25, 0.3) is 0 Å². The fraction of sp³-hybridized carbons (Fsp3) is 0.500. The lowest BCUT2D eigenvalue weighted by molar-refractivity contribution is 0.318. The summed E-state index contributed by atoms with van der Waals surface area (Å²) in [6.45, 7) is 10.0. The Morgan fingerprint density at radius 1 is 1.30 bits per heavy atom. The highest BCUT2D eigenvalue weighted by molar-refractivity contribution is 4.78. The van der Waals surface area contributed by atoms with Crippen LogP contribution in [-0.2, 0) is 0 Å². The Hall–Kier alpha value is -0.600. The van der Waals surface area contributed by atoms with Crippen molar-refractivity contribution in [1.82, 2.24) is 10.2 Å². The molecular weight excluding hydrogens is 124 g/mol. The molecule has 0 saturated heterocycles. The molecule has 0 aliphatic heterocycles. The van der Waals surface area contributed by atoms with Gasteiger partial charge in [-0.25, -0.2) is 0 Å². The summed E-state index contributed by atoms with van der Waals surface area (Å²) in [4.78, 5) is 2.19. The Balaban J connectivity index is 3.48. The van der Waals surface area contributed by atoms with E-state index in [1.807, 2.05) is 19.2 Å². The van der Waals surface area contributed by atoms with Gasteiger partial charge in [0.2, 0.25) is 0 Å². The summed E-state index contributed by atoms with van der Waals surface area (Å²) in [5.41, 5.74) is 0. The second kappa shape index (κ2) is 6.52. The molecule has 0 saturated carbocycles. The average molecular weight is 140 g/mol. The Morgan fingerprint density at radius 2 is 1.80 bits per heavy atom. The molecule has 0 aromatic carbocycles. The second-order valence-electron chi connectivity index (χ2n) is 2.12. The summed E-state index contributed by atoms with van der Waals surface area (Å²) in [5.74, 6) is 0. The molecule has 0 unspecified atom stereocenters. The van der Waals surface area contributed by atoms with Crippen LogP contribution in [0.3, 0.4) is 0 Å². The van der Waals surface area contributed by atoms with Crippen LogP contribution in [-0.4, -0.2) is 31.7 Å². The molecule has 0 radical (unpaired) electrons. The van der Waals surface area contributed by atoms with E-state index in [4.69, 9.17) is 0 Å². The molecule has 1 N–H and O–H groups in total. The lowest BCUT2D eigenvalue weighted by Gasteiger charge is -2.17. The number of nitrogens with zero attached hydrogens (tertiary/aromatic N) is 1. The minimum atomic E-state index is 0.887. The number of hydrogen-bond donors (Lipinski definition) is 1. The molecule has 2 heteroatoms. The van der Waals surface area contributed by atoms with E-state index in [1.54, 1.807) is 0 Å². The van der Waals surface area contributed by atoms with Crippen molar-refractivity contribution in [3.63, 3.8) is 0 Å². The molecule has 0 amide bonds. The molecular formula is C8H16N2. The third-order valence-corrected chi connectivity index (χ3v) is 1.16. The molecule has 0 aliphatic rings. The minimum Gasteiger partial charge on any atom is -0.307 e. The molecule has 2 nitrogen and oxygen atoms in total. The number of nitrogens with one attached hydrogen (secondary N) is 1. The zero-order valence-corrected chi connectivity index (χ0v) is 6.64. The van der Waals surface area contributed by atoms with Gasteiger partial charge in [-0.3, -0.25) is 4.90 Å². The number of hydrogen-bond acceptors (Lipinski definition) is 2. The van der Waals surface area contributed by atoms with E-state index >= 15 is 0 Å². The minimum absolute atomic E-state index is 0.887. The molecule has 0 aromatic rings. The lowest BCUT2D eigenvalue weighted by Crippen LogP contribution is -2.32. The maximum absolute atomic E-state index is 3.66. The van der Waals surface area contributed by atoms with Gasteiger partial charge in [0.25, 0.3) is 0 Å². The first-order chi connectivity index (χ1) is 4.85. The second-order valence-corrected chi connectivity index (χ2v) is 2.12. The maximum Gasteiger partial charge on any atom is 0.0484 e. The van der Waals surface area contributed by atoms with Crippen molar-refractivity contribution < 1.29 is 0 Å². The van der Waals surface area contributed by atoms with Gasteiger partial charge >= 0.3 is 0 Å². The Labute approximate surface area is 63.2 Å². The van der Waals surface area contributed by atoms with Gasteiger partial charge in [0.15, 0.2) is 0 Å². The Morgan fingerprint density at radius 3 is 2.10 bits per heavy atom. The SMILES string of the molecule is C=CCN(CC=C)CNC. The summed E-state index contributed by atoms with van der Waals surface area (Å²) in [5, 5.41) is 3.07. The fourth-order valence-electron chi connectivity index (χ4n) is 0.792. The van der Waals surface area contributed by atoms with E-state index in [2.05, 4.69) is 23.4 Å². The van der Waals surface area contributed by atoms with Crippen LogP contribution in [0.1, 0.15) is 0 Å². The van der Waals surface area contributed by atoms with Gasteiger partial charge in [-0.1, -0.05) is 12.2 Å². The third kappa shape index (κ3) is 4.30. The summed E-state index contributed by atoms with van der Waals surface area (Å²) in [7, 11) is 1.93. The highest BCUT2D eigenvalue weighted by atomic mass is 15.2. The Bertz CT molecular complexity index is 89.4. The zero-order valence-electron chi connectivity index (χ0n) is 6.64. The van der Waals surface area contributed by atoms with E-state index in [1.165, 1.54) is 0 Å². The van der Waals surface area contributed by atoms with Crippen molar-refractivity contribution in [3.8, 4) is 0 Å². The van der Waals surface area contributed by atoms with Crippen molar-refractivity contribution in [2.24, 2.45) is 0 Å². The monoisotopic (exact) mass is 140 g/mol. The summed E-state index contributed by atoms with van der Waals surface area (Å²) >= 11 is 0. The van der Waals surface area contributed by atoms with Crippen molar-refractivity contribution >= 4 is 0 Å². The molecule has 0 fully saturated rings. The van der Waals surface area contributed by atoms with Gasteiger partial charge < -0.3 is 5.32 Å². The molecule has 0 heterocycles. The largest absolute Gasteiger partial charge is 0.307 e. The first kappa shape index (κ1) is 9.40. The zero-order chi connectivity index (χ0) is 7.82. The Kier molecular flexibility index (Phi) is 6.13. The van der Waals surface area contributed by atoms with Crippen LogP contribution in [0.4, 0.5) is 0 Å². The molecule has 0 aliphatic carbocycles. The van der Waals surface area contributed by atoms with Crippen LogP contribution in [0.15, 0.2) is 25.3 Å². The predicted octanol–water partition coefficient (Wildman–Crippen LogP) is 0.837. The first-order valence-corrected chi connectivity index (χ1v) is 3.44. The molecule has 58 valence electrons. The van der Waals surface area contributed by atoms with Crippen molar-refractivity contribution in [2.75, 3.05) is 26.8 Å². The fourth-order valence-corrected chi connectivity index (χ4v) is 0.792. The topological polar surface area (TPSA) is 15.3 Å². The predicted molar refractivity (Wildman–Crippen MR) is 45.9 cm³/mol. The highest BCUT2D eigenvalue weighted by Gasteiger charge is 1.95.